The SMILES string of the molecule is O=C(C1COC1)N1CC2(CC[C@H](N3CCC(c4ccccc4OC(F)(F)F)CC3)C2)C1. The van der Waals surface area contributed by atoms with Gasteiger partial charge in [0.05, 0.1) is 19.1 Å². The lowest BCUT2D eigenvalue weighted by Crippen LogP contribution is -2.61. The van der Waals surface area contributed by atoms with Crippen molar-refractivity contribution in [3.05, 3.63) is 29.8 Å². The summed E-state index contributed by atoms with van der Waals surface area (Å²) in [6, 6.07) is 7.06. The molecule has 170 valence electrons. The largest absolute Gasteiger partial charge is 0.573 e. The first-order valence-electron chi connectivity index (χ1n) is 11.3. The molecule has 1 spiro atoms. The molecular weight excluding hydrogens is 409 g/mol. The van der Waals surface area contributed by atoms with Crippen LogP contribution in [0.5, 0.6) is 5.75 Å². The fourth-order valence-corrected chi connectivity index (χ4v) is 5.94. The second kappa shape index (κ2) is 7.96. The van der Waals surface area contributed by atoms with Crippen LogP contribution in [0.3, 0.4) is 0 Å². The van der Waals surface area contributed by atoms with E-state index < -0.39 is 6.36 Å². The molecule has 1 aromatic rings. The third-order valence-corrected chi connectivity index (χ3v) is 7.66. The molecule has 4 aliphatic rings. The van der Waals surface area contributed by atoms with Gasteiger partial charge in [0.15, 0.2) is 0 Å². The summed E-state index contributed by atoms with van der Waals surface area (Å²) >= 11 is 0. The van der Waals surface area contributed by atoms with Crippen molar-refractivity contribution in [3.63, 3.8) is 0 Å². The normalized spacial score (nSPS) is 27.2. The number of amides is 1. The van der Waals surface area contributed by atoms with Gasteiger partial charge in [0.1, 0.15) is 5.75 Å². The van der Waals surface area contributed by atoms with Gasteiger partial charge in [-0.15, -0.1) is 13.2 Å². The Bertz CT molecular complexity index is 813. The van der Waals surface area contributed by atoms with Crippen molar-refractivity contribution < 1.29 is 27.4 Å². The predicted octanol–water partition coefficient (Wildman–Crippen LogP) is 3.79. The lowest BCUT2D eigenvalue weighted by Gasteiger charge is -2.50. The predicted molar refractivity (Wildman–Crippen MR) is 108 cm³/mol. The minimum atomic E-state index is -4.67. The van der Waals surface area contributed by atoms with E-state index in [2.05, 4.69) is 9.64 Å². The number of rotatable bonds is 4. The second-order valence-electron chi connectivity index (χ2n) is 9.72. The number of hydrogen-bond donors (Lipinski definition) is 0. The number of piperidine rings is 1. The molecule has 3 heterocycles. The molecule has 5 rings (SSSR count). The highest BCUT2D eigenvalue weighted by Crippen LogP contribution is 2.48. The molecular formula is C23H29F3N2O3. The summed E-state index contributed by atoms with van der Waals surface area (Å²) in [6.45, 7) is 4.67. The lowest BCUT2D eigenvalue weighted by molar-refractivity contribution is -0.275. The topological polar surface area (TPSA) is 42.0 Å². The van der Waals surface area contributed by atoms with Crippen molar-refractivity contribution in [3.8, 4) is 5.75 Å². The number of nitrogens with zero attached hydrogens (tertiary/aromatic N) is 2. The molecule has 3 aliphatic heterocycles. The Morgan fingerprint density at radius 1 is 1.10 bits per heavy atom. The molecule has 0 unspecified atom stereocenters. The van der Waals surface area contributed by atoms with Crippen LogP contribution in [0.4, 0.5) is 13.2 Å². The Morgan fingerprint density at radius 3 is 2.45 bits per heavy atom. The van der Waals surface area contributed by atoms with E-state index in [1.807, 2.05) is 4.90 Å². The molecule has 1 atom stereocenters. The van der Waals surface area contributed by atoms with E-state index in [4.69, 9.17) is 4.74 Å². The third kappa shape index (κ3) is 4.29. The zero-order valence-corrected chi connectivity index (χ0v) is 17.6. The van der Waals surface area contributed by atoms with Crippen LogP contribution < -0.4 is 4.74 Å². The highest BCUT2D eigenvalue weighted by Gasteiger charge is 2.52. The van der Waals surface area contributed by atoms with Crippen molar-refractivity contribution >= 4 is 5.91 Å². The molecule has 0 N–H and O–H groups in total. The molecule has 31 heavy (non-hydrogen) atoms. The molecule has 0 aromatic heterocycles. The third-order valence-electron chi connectivity index (χ3n) is 7.66. The van der Waals surface area contributed by atoms with E-state index in [0.29, 0.717) is 24.8 Å². The first-order chi connectivity index (χ1) is 14.8. The van der Waals surface area contributed by atoms with Crippen LogP contribution in [0.25, 0.3) is 0 Å². The van der Waals surface area contributed by atoms with Gasteiger partial charge >= 0.3 is 6.36 Å². The summed E-state index contributed by atoms with van der Waals surface area (Å²) in [7, 11) is 0. The lowest BCUT2D eigenvalue weighted by atomic mass is 9.77. The van der Waals surface area contributed by atoms with Gasteiger partial charge in [0.25, 0.3) is 0 Å². The molecule has 4 fully saturated rings. The Kier molecular flexibility index (Phi) is 5.41. The van der Waals surface area contributed by atoms with Gasteiger partial charge in [-0.2, -0.15) is 0 Å². The Morgan fingerprint density at radius 2 is 1.81 bits per heavy atom. The molecule has 1 amide bonds. The molecule has 1 aromatic carbocycles. The molecule has 5 nitrogen and oxygen atoms in total. The van der Waals surface area contributed by atoms with Crippen LogP contribution in [-0.4, -0.2) is 67.5 Å². The van der Waals surface area contributed by atoms with E-state index in [1.54, 1.807) is 18.2 Å². The van der Waals surface area contributed by atoms with Gasteiger partial charge in [-0.25, -0.2) is 0 Å². The molecule has 1 saturated carbocycles. The number of carbonyl (C=O) groups excluding carboxylic acids is 1. The molecule has 8 heteroatoms. The summed E-state index contributed by atoms with van der Waals surface area (Å²) in [5.74, 6) is 0.342. The second-order valence-corrected chi connectivity index (χ2v) is 9.72. The van der Waals surface area contributed by atoms with Crippen molar-refractivity contribution in [2.75, 3.05) is 39.4 Å². The van der Waals surface area contributed by atoms with Crippen LogP contribution in [-0.2, 0) is 9.53 Å². The molecule has 1 aliphatic carbocycles. The van der Waals surface area contributed by atoms with E-state index in [0.717, 1.165) is 58.3 Å². The van der Waals surface area contributed by atoms with Gasteiger partial charge in [-0.3, -0.25) is 4.79 Å². The van der Waals surface area contributed by atoms with Crippen LogP contribution in [0.15, 0.2) is 24.3 Å². The first-order valence-corrected chi connectivity index (χ1v) is 11.3. The Balaban J connectivity index is 1.13. The number of benzene rings is 1. The van der Waals surface area contributed by atoms with Gasteiger partial charge < -0.3 is 19.3 Å². The van der Waals surface area contributed by atoms with Crippen molar-refractivity contribution in [2.45, 2.75) is 50.4 Å². The summed E-state index contributed by atoms with van der Waals surface area (Å²) in [4.78, 5) is 16.9. The fourth-order valence-electron chi connectivity index (χ4n) is 5.94. The minimum Gasteiger partial charge on any atom is -0.405 e. The molecule has 3 saturated heterocycles. The zero-order chi connectivity index (χ0) is 21.6. The summed E-state index contributed by atoms with van der Waals surface area (Å²) in [6.07, 6.45) is 0.439. The van der Waals surface area contributed by atoms with E-state index in [9.17, 15) is 18.0 Å². The van der Waals surface area contributed by atoms with Crippen molar-refractivity contribution in [1.82, 2.24) is 9.80 Å². The Labute approximate surface area is 180 Å². The number of likely N-dealkylation sites (tertiary alicyclic amines) is 2. The van der Waals surface area contributed by atoms with Crippen LogP contribution in [0.1, 0.15) is 43.6 Å². The van der Waals surface area contributed by atoms with Crippen molar-refractivity contribution in [2.24, 2.45) is 11.3 Å². The highest BCUT2D eigenvalue weighted by atomic mass is 19.4. The fraction of sp³-hybridized carbons (Fsp3) is 0.696. The van der Waals surface area contributed by atoms with Gasteiger partial charge in [0, 0.05) is 24.5 Å². The number of carbonyl (C=O) groups is 1. The minimum absolute atomic E-state index is 0.0654. The van der Waals surface area contributed by atoms with Crippen LogP contribution in [0.2, 0.25) is 0 Å². The highest BCUT2D eigenvalue weighted by molar-refractivity contribution is 5.80. The van der Waals surface area contributed by atoms with Crippen molar-refractivity contribution in [1.29, 1.82) is 0 Å². The maximum Gasteiger partial charge on any atom is 0.573 e. The smallest absolute Gasteiger partial charge is 0.405 e. The monoisotopic (exact) mass is 438 g/mol. The zero-order valence-electron chi connectivity index (χ0n) is 17.6. The Hall–Kier alpha value is -1.80. The number of alkyl halides is 3. The van der Waals surface area contributed by atoms with Crippen LogP contribution >= 0.6 is 0 Å². The number of hydrogen-bond acceptors (Lipinski definition) is 4. The molecule has 0 radical (unpaired) electrons. The standard InChI is InChI=1S/C23H29F3N2O3/c24-23(25,26)31-20-4-2-1-3-19(20)16-6-9-27(10-7-16)18-5-8-22(11-18)14-28(15-22)21(29)17-12-30-13-17/h1-4,16-18H,5-15H2/t18-/m0/s1. The number of ether oxygens (including phenoxy) is 2. The van der Waals surface area contributed by atoms with E-state index in [-0.39, 0.29) is 28.9 Å². The van der Waals surface area contributed by atoms with Crippen LogP contribution in [0, 0.1) is 11.3 Å². The van der Waals surface area contributed by atoms with E-state index >= 15 is 0 Å². The average molecular weight is 438 g/mol. The number of halogens is 3. The number of para-hydroxylation sites is 1. The molecule has 0 bridgehead atoms. The van der Waals surface area contributed by atoms with Gasteiger partial charge in [-0.1, -0.05) is 18.2 Å². The quantitative estimate of drug-likeness (QED) is 0.718. The first kappa shape index (κ1) is 21.1. The maximum atomic E-state index is 12.8. The van der Waals surface area contributed by atoms with E-state index in [1.165, 1.54) is 6.07 Å². The summed E-state index contributed by atoms with van der Waals surface area (Å²) in [5.41, 5.74) is 0.935. The maximum absolute atomic E-state index is 12.8. The summed E-state index contributed by atoms with van der Waals surface area (Å²) < 4.78 is 47.7. The summed E-state index contributed by atoms with van der Waals surface area (Å²) in [5, 5.41) is 0. The van der Waals surface area contributed by atoms with Gasteiger partial charge in [-0.05, 0) is 62.7 Å². The van der Waals surface area contributed by atoms with Gasteiger partial charge in [0.2, 0.25) is 5.91 Å². The average Bonchev–Trinajstić information content (AvgIpc) is 3.11.